The zero-order valence-corrected chi connectivity index (χ0v) is 13.0. The third kappa shape index (κ3) is 5.65. The summed E-state index contributed by atoms with van der Waals surface area (Å²) in [6.45, 7) is 8.24. The van der Waals surface area contributed by atoms with Crippen molar-refractivity contribution in [3.63, 3.8) is 0 Å². The van der Waals surface area contributed by atoms with Crippen molar-refractivity contribution in [1.29, 1.82) is 0 Å². The van der Waals surface area contributed by atoms with Crippen molar-refractivity contribution in [1.82, 2.24) is 0 Å². The Morgan fingerprint density at radius 3 is 2.18 bits per heavy atom. The van der Waals surface area contributed by atoms with E-state index in [1.54, 1.807) is 14.2 Å². The predicted molar refractivity (Wildman–Crippen MR) is 70.1 cm³/mol. The first-order chi connectivity index (χ1) is 7.81. The molecule has 0 unspecified atom stereocenters. The maximum absolute atomic E-state index is 11.7. The maximum atomic E-state index is 11.7. The van der Waals surface area contributed by atoms with Crippen LogP contribution in [0.25, 0.3) is 0 Å². The van der Waals surface area contributed by atoms with Gasteiger partial charge in [-0.3, -0.25) is 4.79 Å². The number of ether oxygens (including phenoxy) is 1. The highest BCUT2D eigenvalue weighted by Crippen LogP contribution is 2.22. The molecule has 0 aromatic rings. The Morgan fingerprint density at radius 2 is 1.76 bits per heavy atom. The fraction of sp³-hybridized carbons (Fsp3) is 0.917. The largest absolute Gasteiger partial charge is 0.465 e. The highest BCUT2D eigenvalue weighted by molar-refractivity contribution is 6.65. The van der Waals surface area contributed by atoms with Gasteiger partial charge in [-0.25, -0.2) is 0 Å². The lowest BCUT2D eigenvalue weighted by Gasteiger charge is -2.23. The minimum absolute atomic E-state index is 0.127. The normalized spacial score (nSPS) is 12.6. The fourth-order valence-corrected chi connectivity index (χ4v) is 2.55. The number of carbonyl (C=O) groups is 1. The van der Waals surface area contributed by atoms with Gasteiger partial charge in [-0.1, -0.05) is 6.92 Å². The van der Waals surface area contributed by atoms with Crippen LogP contribution in [0.2, 0.25) is 12.6 Å². The molecule has 0 radical (unpaired) electrons. The van der Waals surface area contributed by atoms with Crippen LogP contribution < -0.4 is 0 Å². The van der Waals surface area contributed by atoms with E-state index in [0.717, 1.165) is 18.9 Å². The van der Waals surface area contributed by atoms with E-state index in [9.17, 15) is 4.79 Å². The van der Waals surface area contributed by atoms with E-state index in [1.807, 2.05) is 27.3 Å². The Balaban J connectivity index is 3.90. The first kappa shape index (κ1) is 16.6. The van der Waals surface area contributed by atoms with Crippen LogP contribution in [0.5, 0.6) is 0 Å². The lowest BCUT2D eigenvalue weighted by Crippen LogP contribution is -2.36. The van der Waals surface area contributed by atoms with E-state index in [4.69, 9.17) is 13.6 Å². The Kier molecular flexibility index (Phi) is 6.97. The topological polar surface area (TPSA) is 44.8 Å². The molecule has 0 atom stereocenters. The van der Waals surface area contributed by atoms with Gasteiger partial charge in [0.2, 0.25) is 0 Å². The number of hydrogen-bond acceptors (Lipinski definition) is 4. The molecule has 0 N–H and O–H groups in total. The zero-order valence-electron chi connectivity index (χ0n) is 12.0. The average molecular weight is 262 g/mol. The van der Waals surface area contributed by atoms with Crippen molar-refractivity contribution < 1.29 is 18.4 Å². The van der Waals surface area contributed by atoms with E-state index in [2.05, 4.69) is 0 Å². The van der Waals surface area contributed by atoms with Crippen molar-refractivity contribution in [3.05, 3.63) is 0 Å². The second kappa shape index (κ2) is 7.13. The van der Waals surface area contributed by atoms with Crippen LogP contribution in [0.4, 0.5) is 0 Å². The average Bonchev–Trinajstić information content (AvgIpc) is 2.33. The molecule has 0 aliphatic carbocycles. The van der Waals surface area contributed by atoms with Crippen molar-refractivity contribution in [2.24, 2.45) is 5.41 Å². The van der Waals surface area contributed by atoms with Gasteiger partial charge < -0.3 is 13.6 Å². The third-order valence-corrected chi connectivity index (χ3v) is 6.30. The van der Waals surface area contributed by atoms with Gasteiger partial charge in [0.1, 0.15) is 0 Å². The first-order valence-corrected chi connectivity index (χ1v) is 8.61. The second-order valence-electron chi connectivity index (χ2n) is 5.02. The van der Waals surface area contributed by atoms with Crippen LogP contribution >= 0.6 is 0 Å². The number of rotatable bonds is 8. The predicted octanol–water partition coefficient (Wildman–Crippen LogP) is 2.72. The Labute approximate surface area is 106 Å². The van der Waals surface area contributed by atoms with Crippen molar-refractivity contribution in [3.8, 4) is 0 Å². The summed E-state index contributed by atoms with van der Waals surface area (Å²) in [5.41, 5.74) is -0.386. The van der Waals surface area contributed by atoms with E-state index < -0.39 is 8.56 Å². The lowest BCUT2D eigenvalue weighted by molar-refractivity contribution is -0.154. The molecule has 0 aromatic carbocycles. The molecule has 0 aliphatic rings. The number of carbonyl (C=O) groups excluding carboxylic acids is 1. The van der Waals surface area contributed by atoms with Gasteiger partial charge in [-0.15, -0.1) is 0 Å². The van der Waals surface area contributed by atoms with Crippen molar-refractivity contribution >= 4 is 14.5 Å². The first-order valence-electron chi connectivity index (χ1n) is 6.09. The summed E-state index contributed by atoms with van der Waals surface area (Å²) in [5, 5.41) is 0. The molecule has 0 saturated carbocycles. The van der Waals surface area contributed by atoms with E-state index in [0.29, 0.717) is 6.61 Å². The fourth-order valence-electron chi connectivity index (χ4n) is 1.19. The molecule has 0 rings (SSSR count). The van der Waals surface area contributed by atoms with Crippen LogP contribution in [0.3, 0.4) is 0 Å². The van der Waals surface area contributed by atoms with Crippen LogP contribution in [0.1, 0.15) is 33.6 Å². The van der Waals surface area contributed by atoms with Gasteiger partial charge in [0.15, 0.2) is 0 Å². The monoisotopic (exact) mass is 262 g/mol. The van der Waals surface area contributed by atoms with Gasteiger partial charge in [-0.2, -0.15) is 0 Å². The molecule has 0 heterocycles. The molecule has 0 saturated heterocycles. The minimum atomic E-state index is -2.01. The van der Waals surface area contributed by atoms with Gasteiger partial charge >= 0.3 is 14.5 Å². The number of hydrogen-bond donors (Lipinski definition) is 0. The smallest absolute Gasteiger partial charge is 0.334 e. The van der Waals surface area contributed by atoms with Crippen molar-refractivity contribution in [2.45, 2.75) is 46.2 Å². The van der Waals surface area contributed by atoms with Crippen LogP contribution in [-0.4, -0.2) is 35.4 Å². The van der Waals surface area contributed by atoms with E-state index in [-0.39, 0.29) is 11.4 Å². The van der Waals surface area contributed by atoms with Crippen LogP contribution in [0.15, 0.2) is 0 Å². The summed E-state index contributed by atoms with van der Waals surface area (Å²) < 4.78 is 16.0. The molecule has 17 heavy (non-hydrogen) atoms. The molecule has 0 aromatic heterocycles. The summed E-state index contributed by atoms with van der Waals surface area (Å²) >= 11 is 0. The maximum Gasteiger partial charge on any atom is 0.334 e. The van der Waals surface area contributed by atoms with Gasteiger partial charge in [0.05, 0.1) is 12.0 Å². The minimum Gasteiger partial charge on any atom is -0.465 e. The second-order valence-corrected chi connectivity index (χ2v) is 8.60. The summed E-state index contributed by atoms with van der Waals surface area (Å²) in [6, 6.07) is 0.833. The van der Waals surface area contributed by atoms with Gasteiger partial charge in [0.25, 0.3) is 0 Å². The quantitative estimate of drug-likeness (QED) is 0.383. The zero-order chi connectivity index (χ0) is 13.5. The highest BCUT2D eigenvalue weighted by Gasteiger charge is 2.29. The van der Waals surface area contributed by atoms with Crippen molar-refractivity contribution in [2.75, 3.05) is 20.8 Å². The molecular weight excluding hydrogens is 236 g/mol. The molecule has 0 amide bonds. The number of esters is 1. The van der Waals surface area contributed by atoms with Gasteiger partial charge in [-0.05, 0) is 39.3 Å². The third-order valence-electron chi connectivity index (χ3n) is 3.31. The molecule has 0 fully saturated rings. The molecule has 0 aliphatic heterocycles. The summed E-state index contributed by atoms with van der Waals surface area (Å²) in [6.07, 6.45) is 1.57. The molecule has 102 valence electrons. The Bertz CT molecular complexity index is 237. The SMILES string of the molecule is CCC(C)(C)C(=O)OCCC[Si](C)(OC)OC. The Morgan fingerprint density at radius 1 is 1.24 bits per heavy atom. The van der Waals surface area contributed by atoms with Crippen LogP contribution in [-0.2, 0) is 18.4 Å². The van der Waals surface area contributed by atoms with E-state index in [1.165, 1.54) is 0 Å². The summed E-state index contributed by atoms with van der Waals surface area (Å²) in [7, 11) is 1.32. The molecule has 4 nitrogen and oxygen atoms in total. The lowest BCUT2D eigenvalue weighted by atomic mass is 9.91. The molecular formula is C12H26O4Si. The molecule has 0 spiro atoms. The van der Waals surface area contributed by atoms with Gasteiger partial charge in [0, 0.05) is 14.2 Å². The Hall–Kier alpha value is -0.393. The van der Waals surface area contributed by atoms with Crippen LogP contribution in [0, 0.1) is 5.41 Å². The standard InChI is InChI=1S/C12H26O4Si/c1-7-12(2,3)11(13)16-9-8-10-17(6,14-4)15-5/h7-10H2,1-6H3. The molecule has 0 bridgehead atoms. The summed E-state index contributed by atoms with van der Waals surface area (Å²) in [5.74, 6) is -0.127. The van der Waals surface area contributed by atoms with E-state index >= 15 is 0 Å². The summed E-state index contributed by atoms with van der Waals surface area (Å²) in [4.78, 5) is 11.7. The highest BCUT2D eigenvalue weighted by atomic mass is 28.4. The molecule has 5 heteroatoms.